The molecule has 1 aromatic rings. The summed E-state index contributed by atoms with van der Waals surface area (Å²) < 4.78 is 16.5. The SMILES string of the molecule is c1ccc(COC[C@@H]2OC[C@@H]3O[C@H]23)cc1. The molecule has 0 aromatic heterocycles. The van der Waals surface area contributed by atoms with Crippen LogP contribution >= 0.6 is 0 Å². The van der Waals surface area contributed by atoms with Crippen LogP contribution in [0.25, 0.3) is 0 Å². The Bertz CT molecular complexity index is 325. The van der Waals surface area contributed by atoms with Crippen molar-refractivity contribution in [3.8, 4) is 0 Å². The third-order valence-corrected chi connectivity index (χ3v) is 2.86. The highest BCUT2D eigenvalue weighted by atomic mass is 16.7. The van der Waals surface area contributed by atoms with Gasteiger partial charge in [0.25, 0.3) is 0 Å². The van der Waals surface area contributed by atoms with Gasteiger partial charge in [0.05, 0.1) is 19.8 Å². The van der Waals surface area contributed by atoms with Crippen LogP contribution < -0.4 is 0 Å². The van der Waals surface area contributed by atoms with E-state index in [4.69, 9.17) is 14.2 Å². The van der Waals surface area contributed by atoms with Gasteiger partial charge in [-0.15, -0.1) is 0 Å². The van der Waals surface area contributed by atoms with E-state index < -0.39 is 0 Å². The second-order valence-corrected chi connectivity index (χ2v) is 4.01. The first-order chi connectivity index (χ1) is 7.43. The van der Waals surface area contributed by atoms with Gasteiger partial charge in [-0.3, -0.25) is 0 Å². The molecule has 0 aliphatic carbocycles. The predicted octanol–water partition coefficient (Wildman–Crippen LogP) is 1.37. The molecule has 0 radical (unpaired) electrons. The van der Waals surface area contributed by atoms with Crippen molar-refractivity contribution < 1.29 is 14.2 Å². The second kappa shape index (κ2) is 3.93. The van der Waals surface area contributed by atoms with Gasteiger partial charge >= 0.3 is 0 Å². The van der Waals surface area contributed by atoms with E-state index >= 15 is 0 Å². The van der Waals surface area contributed by atoms with E-state index in [9.17, 15) is 0 Å². The molecular formula is C12H14O3. The van der Waals surface area contributed by atoms with Crippen LogP contribution in [0, 0.1) is 0 Å². The number of epoxide rings is 1. The molecule has 2 aliphatic heterocycles. The van der Waals surface area contributed by atoms with Gasteiger partial charge in [0.1, 0.15) is 18.3 Å². The molecule has 0 N–H and O–H groups in total. The molecule has 3 nitrogen and oxygen atoms in total. The molecule has 2 fully saturated rings. The number of hydrogen-bond acceptors (Lipinski definition) is 3. The van der Waals surface area contributed by atoms with Gasteiger partial charge in [0.2, 0.25) is 0 Å². The van der Waals surface area contributed by atoms with Crippen LogP contribution in [0.5, 0.6) is 0 Å². The predicted molar refractivity (Wildman–Crippen MR) is 54.5 cm³/mol. The highest BCUT2D eigenvalue weighted by Crippen LogP contribution is 2.34. The average molecular weight is 206 g/mol. The third-order valence-electron chi connectivity index (χ3n) is 2.86. The Morgan fingerprint density at radius 2 is 2.13 bits per heavy atom. The fraction of sp³-hybridized carbons (Fsp3) is 0.500. The van der Waals surface area contributed by atoms with Crippen molar-refractivity contribution in [2.24, 2.45) is 0 Å². The van der Waals surface area contributed by atoms with Crippen molar-refractivity contribution in [1.29, 1.82) is 0 Å². The van der Waals surface area contributed by atoms with E-state index in [1.165, 1.54) is 5.56 Å². The average Bonchev–Trinajstić information content (AvgIpc) is 2.96. The molecule has 0 saturated carbocycles. The summed E-state index contributed by atoms with van der Waals surface area (Å²) in [6.07, 6.45) is 0.815. The van der Waals surface area contributed by atoms with Crippen molar-refractivity contribution in [1.82, 2.24) is 0 Å². The number of hydrogen-bond donors (Lipinski definition) is 0. The van der Waals surface area contributed by atoms with Gasteiger partial charge in [0, 0.05) is 0 Å². The Hall–Kier alpha value is -0.900. The van der Waals surface area contributed by atoms with Crippen molar-refractivity contribution >= 4 is 0 Å². The summed E-state index contributed by atoms with van der Waals surface area (Å²) in [6, 6.07) is 10.2. The lowest BCUT2D eigenvalue weighted by Crippen LogP contribution is -2.21. The number of rotatable bonds is 4. The number of benzene rings is 1. The van der Waals surface area contributed by atoms with E-state index in [0.717, 1.165) is 6.61 Å². The van der Waals surface area contributed by atoms with Gasteiger partial charge < -0.3 is 14.2 Å². The molecule has 3 atom stereocenters. The first-order valence-corrected chi connectivity index (χ1v) is 5.32. The molecule has 1 aromatic carbocycles. The van der Waals surface area contributed by atoms with Crippen LogP contribution in [-0.4, -0.2) is 31.5 Å². The van der Waals surface area contributed by atoms with E-state index in [0.29, 0.717) is 25.4 Å². The summed E-state index contributed by atoms with van der Waals surface area (Å²) in [5.74, 6) is 0. The van der Waals surface area contributed by atoms with Gasteiger partial charge in [0.15, 0.2) is 0 Å². The summed E-state index contributed by atoms with van der Waals surface area (Å²) in [4.78, 5) is 0. The Morgan fingerprint density at radius 1 is 1.27 bits per heavy atom. The smallest absolute Gasteiger partial charge is 0.115 e. The summed E-state index contributed by atoms with van der Waals surface area (Å²) >= 11 is 0. The molecule has 15 heavy (non-hydrogen) atoms. The van der Waals surface area contributed by atoms with Gasteiger partial charge in [-0.25, -0.2) is 0 Å². The topological polar surface area (TPSA) is 31.0 Å². The van der Waals surface area contributed by atoms with Gasteiger partial charge in [-0.1, -0.05) is 30.3 Å². The van der Waals surface area contributed by atoms with Gasteiger partial charge in [-0.05, 0) is 5.56 Å². The normalized spacial score (nSPS) is 32.7. The summed E-state index contributed by atoms with van der Waals surface area (Å²) in [7, 11) is 0. The van der Waals surface area contributed by atoms with Crippen LogP contribution in [0.2, 0.25) is 0 Å². The highest BCUT2D eigenvalue weighted by Gasteiger charge is 2.51. The maximum atomic E-state index is 5.60. The highest BCUT2D eigenvalue weighted by molar-refractivity contribution is 5.13. The first kappa shape index (κ1) is 9.33. The molecule has 0 unspecified atom stereocenters. The molecule has 0 bridgehead atoms. The summed E-state index contributed by atoms with van der Waals surface area (Å²) in [5, 5.41) is 0. The second-order valence-electron chi connectivity index (χ2n) is 4.01. The maximum absolute atomic E-state index is 5.60. The molecule has 2 saturated heterocycles. The van der Waals surface area contributed by atoms with Crippen LogP contribution in [0.1, 0.15) is 5.56 Å². The monoisotopic (exact) mass is 206 g/mol. The zero-order chi connectivity index (χ0) is 10.1. The Kier molecular flexibility index (Phi) is 2.44. The van der Waals surface area contributed by atoms with Crippen molar-refractivity contribution in [2.45, 2.75) is 24.9 Å². The van der Waals surface area contributed by atoms with Crippen molar-refractivity contribution in [3.63, 3.8) is 0 Å². The standard InChI is InChI=1S/C12H14O3/c1-2-4-9(5-3-1)6-13-7-10-12-11(15-12)8-14-10/h1-5,10-12H,6-8H2/t10-,11-,12+/m0/s1. The molecule has 2 heterocycles. The summed E-state index contributed by atoms with van der Waals surface area (Å²) in [6.45, 7) is 2.03. The van der Waals surface area contributed by atoms with Crippen LogP contribution in [0.3, 0.4) is 0 Å². The molecule has 0 spiro atoms. The molecular weight excluding hydrogens is 192 g/mol. The minimum absolute atomic E-state index is 0.152. The zero-order valence-corrected chi connectivity index (χ0v) is 8.46. The Balaban J connectivity index is 1.43. The van der Waals surface area contributed by atoms with E-state index in [1.807, 2.05) is 18.2 Å². The van der Waals surface area contributed by atoms with Crippen LogP contribution in [-0.2, 0) is 20.8 Å². The Morgan fingerprint density at radius 3 is 2.80 bits per heavy atom. The molecule has 0 amide bonds. The Labute approximate surface area is 89.0 Å². The van der Waals surface area contributed by atoms with Gasteiger partial charge in [-0.2, -0.15) is 0 Å². The van der Waals surface area contributed by atoms with E-state index in [1.54, 1.807) is 0 Å². The lowest BCUT2D eigenvalue weighted by Gasteiger charge is -2.11. The lowest BCUT2D eigenvalue weighted by atomic mass is 10.2. The number of fused-ring (bicyclic) bond motifs is 1. The van der Waals surface area contributed by atoms with E-state index in [-0.39, 0.29) is 6.10 Å². The van der Waals surface area contributed by atoms with Crippen molar-refractivity contribution in [2.75, 3.05) is 13.2 Å². The summed E-state index contributed by atoms with van der Waals surface area (Å²) in [5.41, 5.74) is 1.20. The minimum atomic E-state index is 0.152. The molecule has 80 valence electrons. The molecule has 3 rings (SSSR count). The quantitative estimate of drug-likeness (QED) is 0.697. The fourth-order valence-corrected chi connectivity index (χ4v) is 1.94. The fourth-order valence-electron chi connectivity index (χ4n) is 1.94. The van der Waals surface area contributed by atoms with Crippen LogP contribution in [0.4, 0.5) is 0 Å². The molecule has 3 heteroatoms. The van der Waals surface area contributed by atoms with Crippen molar-refractivity contribution in [3.05, 3.63) is 35.9 Å². The minimum Gasteiger partial charge on any atom is -0.374 e. The first-order valence-electron chi connectivity index (χ1n) is 5.32. The lowest BCUT2D eigenvalue weighted by molar-refractivity contribution is -0.0322. The zero-order valence-electron chi connectivity index (χ0n) is 8.46. The van der Waals surface area contributed by atoms with E-state index in [2.05, 4.69) is 12.1 Å². The molecule has 2 aliphatic rings. The third kappa shape index (κ3) is 2.04. The van der Waals surface area contributed by atoms with Crippen LogP contribution in [0.15, 0.2) is 30.3 Å². The maximum Gasteiger partial charge on any atom is 0.115 e. The number of ether oxygens (including phenoxy) is 3. The largest absolute Gasteiger partial charge is 0.374 e.